The van der Waals surface area contributed by atoms with Crippen molar-refractivity contribution in [1.29, 1.82) is 0 Å². The lowest BCUT2D eigenvalue weighted by molar-refractivity contribution is 0.0508. The van der Waals surface area contributed by atoms with Gasteiger partial charge in [-0.25, -0.2) is 14.4 Å². The first-order valence-electron chi connectivity index (χ1n) is 12.2. The lowest BCUT2D eigenvalue weighted by Gasteiger charge is -2.47. The molecule has 2 aliphatic heterocycles. The molecule has 0 saturated carbocycles. The summed E-state index contributed by atoms with van der Waals surface area (Å²) in [6.45, 7) is 12.3. The Bertz CT molecular complexity index is 1400. The SMILES string of the molecule is Cc1ccc(N2CC(C)(C)c3nc(C(=O)N4CCN(c5nc(C(N)=O)cs5)CC4(C)C)ccc32)cc1F. The highest BCUT2D eigenvalue weighted by Gasteiger charge is 2.41. The Kier molecular flexibility index (Phi) is 5.97. The number of aryl methyl sites for hydroxylation is 1. The molecule has 37 heavy (non-hydrogen) atoms. The largest absolute Gasteiger partial charge is 0.364 e. The van der Waals surface area contributed by atoms with Crippen LogP contribution in [0, 0.1) is 12.7 Å². The summed E-state index contributed by atoms with van der Waals surface area (Å²) in [6, 6.07) is 8.94. The number of hydrogen-bond donors (Lipinski definition) is 1. The van der Waals surface area contributed by atoms with E-state index in [-0.39, 0.29) is 22.8 Å². The Hall–Kier alpha value is -3.53. The number of pyridine rings is 1. The van der Waals surface area contributed by atoms with Crippen molar-refractivity contribution in [1.82, 2.24) is 14.9 Å². The summed E-state index contributed by atoms with van der Waals surface area (Å²) in [5, 5.41) is 2.38. The second kappa shape index (κ2) is 8.79. The number of aromatic nitrogens is 2. The van der Waals surface area contributed by atoms with Gasteiger partial charge in [0.1, 0.15) is 17.2 Å². The number of benzene rings is 1. The van der Waals surface area contributed by atoms with Crippen LogP contribution < -0.4 is 15.5 Å². The number of amides is 2. The van der Waals surface area contributed by atoms with E-state index in [4.69, 9.17) is 10.7 Å². The van der Waals surface area contributed by atoms with Gasteiger partial charge in [0.25, 0.3) is 11.8 Å². The minimum atomic E-state index is -0.549. The molecule has 2 amide bonds. The Morgan fingerprint density at radius 1 is 1.03 bits per heavy atom. The lowest BCUT2D eigenvalue weighted by atomic mass is 9.91. The van der Waals surface area contributed by atoms with Crippen molar-refractivity contribution < 1.29 is 14.0 Å². The molecule has 2 aliphatic rings. The molecular weight excluding hydrogens is 491 g/mol. The van der Waals surface area contributed by atoms with Gasteiger partial charge in [-0.3, -0.25) is 9.59 Å². The van der Waals surface area contributed by atoms with Gasteiger partial charge in [-0.2, -0.15) is 0 Å². The number of rotatable bonds is 4. The van der Waals surface area contributed by atoms with Gasteiger partial charge in [0, 0.05) is 42.7 Å². The maximum absolute atomic E-state index is 14.3. The highest BCUT2D eigenvalue weighted by molar-refractivity contribution is 7.13. The number of halogens is 1. The first-order chi connectivity index (χ1) is 17.4. The molecule has 4 heterocycles. The first-order valence-corrected chi connectivity index (χ1v) is 13.1. The predicted octanol–water partition coefficient (Wildman–Crippen LogP) is 4.25. The minimum Gasteiger partial charge on any atom is -0.364 e. The third kappa shape index (κ3) is 4.43. The summed E-state index contributed by atoms with van der Waals surface area (Å²) >= 11 is 1.37. The zero-order valence-electron chi connectivity index (χ0n) is 21.7. The Morgan fingerprint density at radius 2 is 1.78 bits per heavy atom. The molecule has 1 fully saturated rings. The third-order valence-corrected chi connectivity index (χ3v) is 8.11. The molecule has 10 heteroatoms. The maximum Gasteiger partial charge on any atom is 0.273 e. The van der Waals surface area contributed by atoms with Crippen LogP contribution in [0.25, 0.3) is 0 Å². The highest BCUT2D eigenvalue weighted by Crippen LogP contribution is 2.43. The molecule has 0 radical (unpaired) electrons. The summed E-state index contributed by atoms with van der Waals surface area (Å²) in [6.07, 6.45) is 0. The zero-order chi connectivity index (χ0) is 26.7. The van der Waals surface area contributed by atoms with Crippen molar-refractivity contribution in [3.63, 3.8) is 0 Å². The van der Waals surface area contributed by atoms with Crippen LogP contribution in [0.4, 0.5) is 20.9 Å². The monoisotopic (exact) mass is 522 g/mol. The van der Waals surface area contributed by atoms with Gasteiger partial charge < -0.3 is 20.4 Å². The first kappa shape index (κ1) is 25.1. The van der Waals surface area contributed by atoms with Crippen LogP contribution in [0.5, 0.6) is 0 Å². The van der Waals surface area contributed by atoms with E-state index in [0.29, 0.717) is 37.4 Å². The van der Waals surface area contributed by atoms with Crippen LogP contribution in [0.3, 0.4) is 0 Å². The zero-order valence-corrected chi connectivity index (χ0v) is 22.5. The van der Waals surface area contributed by atoms with Gasteiger partial charge in [-0.1, -0.05) is 19.9 Å². The second-order valence-electron chi connectivity index (χ2n) is 11.0. The Balaban J connectivity index is 1.39. The normalized spacial score (nSPS) is 18.2. The number of nitrogens with zero attached hydrogens (tertiary/aromatic N) is 5. The molecule has 2 aromatic heterocycles. The van der Waals surface area contributed by atoms with E-state index in [0.717, 1.165) is 22.2 Å². The number of carbonyl (C=O) groups excluding carboxylic acids is 2. The average Bonchev–Trinajstić information content (AvgIpc) is 3.43. The molecule has 0 spiro atoms. The number of hydrogen-bond acceptors (Lipinski definition) is 7. The van der Waals surface area contributed by atoms with E-state index < -0.39 is 11.4 Å². The summed E-state index contributed by atoms with van der Waals surface area (Å²) in [4.78, 5) is 40.4. The molecule has 8 nitrogen and oxygen atoms in total. The number of fused-ring (bicyclic) bond motifs is 1. The Labute approximate surface area is 219 Å². The number of piperazine rings is 1. The molecule has 1 saturated heterocycles. The van der Waals surface area contributed by atoms with Crippen molar-refractivity contribution in [3.05, 3.63) is 64.2 Å². The third-order valence-electron chi connectivity index (χ3n) is 7.21. The van der Waals surface area contributed by atoms with Crippen LogP contribution >= 0.6 is 11.3 Å². The van der Waals surface area contributed by atoms with Crippen LogP contribution in [0.15, 0.2) is 35.7 Å². The van der Waals surface area contributed by atoms with Crippen molar-refractivity contribution in [2.45, 2.75) is 45.6 Å². The van der Waals surface area contributed by atoms with Gasteiger partial charge in [0.05, 0.1) is 16.9 Å². The maximum atomic E-state index is 14.3. The molecule has 0 aliphatic carbocycles. The van der Waals surface area contributed by atoms with Gasteiger partial charge >= 0.3 is 0 Å². The van der Waals surface area contributed by atoms with E-state index in [1.165, 1.54) is 11.3 Å². The topological polar surface area (TPSA) is 95.7 Å². The van der Waals surface area contributed by atoms with Crippen LogP contribution in [0.1, 0.15) is 59.9 Å². The van der Waals surface area contributed by atoms with Crippen LogP contribution in [-0.4, -0.2) is 58.4 Å². The molecule has 2 N–H and O–H groups in total. The molecule has 3 aromatic rings. The van der Waals surface area contributed by atoms with E-state index in [2.05, 4.69) is 28.6 Å². The van der Waals surface area contributed by atoms with Gasteiger partial charge in [0.2, 0.25) is 0 Å². The highest BCUT2D eigenvalue weighted by atomic mass is 32.1. The fourth-order valence-corrected chi connectivity index (χ4v) is 6.02. The quantitative estimate of drug-likeness (QED) is 0.550. The fourth-order valence-electron chi connectivity index (χ4n) is 5.18. The van der Waals surface area contributed by atoms with E-state index in [1.807, 2.05) is 30.9 Å². The fraction of sp³-hybridized carbons (Fsp3) is 0.407. The van der Waals surface area contributed by atoms with Crippen LogP contribution in [-0.2, 0) is 5.41 Å². The molecule has 0 unspecified atom stereocenters. The van der Waals surface area contributed by atoms with Gasteiger partial charge in [-0.15, -0.1) is 11.3 Å². The van der Waals surface area contributed by atoms with Crippen molar-refractivity contribution in [2.24, 2.45) is 5.73 Å². The van der Waals surface area contributed by atoms with Crippen molar-refractivity contribution in [2.75, 3.05) is 36.0 Å². The van der Waals surface area contributed by atoms with Crippen molar-refractivity contribution in [3.8, 4) is 0 Å². The molecule has 1 aromatic carbocycles. The van der Waals surface area contributed by atoms with E-state index in [1.54, 1.807) is 30.5 Å². The summed E-state index contributed by atoms with van der Waals surface area (Å²) in [7, 11) is 0. The van der Waals surface area contributed by atoms with E-state index >= 15 is 0 Å². The number of primary amides is 1. The standard InChI is InChI=1S/C27H31FN6O2S/c1-16-6-7-17(12-18(16)28)33-14-26(2,3)22-21(33)9-8-19(30-22)24(36)34-11-10-32(15-27(34,4)5)25-31-20(13-37-25)23(29)35/h6-9,12-13H,10-11,14-15H2,1-5H3,(H2,29,35). The molecule has 5 rings (SSSR count). The molecule has 194 valence electrons. The summed E-state index contributed by atoms with van der Waals surface area (Å²) in [5.41, 5.74) is 8.30. The number of thiazole rings is 1. The average molecular weight is 523 g/mol. The summed E-state index contributed by atoms with van der Waals surface area (Å²) in [5.74, 6) is -0.916. The lowest BCUT2D eigenvalue weighted by Crippen LogP contribution is -2.61. The smallest absolute Gasteiger partial charge is 0.273 e. The minimum absolute atomic E-state index is 0.125. The molecule has 0 bridgehead atoms. The van der Waals surface area contributed by atoms with Crippen molar-refractivity contribution >= 4 is 39.7 Å². The molecule has 0 atom stereocenters. The number of anilines is 3. The van der Waals surface area contributed by atoms with Crippen LogP contribution in [0.2, 0.25) is 0 Å². The number of nitrogens with two attached hydrogens (primary N) is 1. The second-order valence-corrected chi connectivity index (χ2v) is 11.9. The molecular formula is C27H31FN6O2S. The van der Waals surface area contributed by atoms with E-state index in [9.17, 15) is 14.0 Å². The van der Waals surface area contributed by atoms with Gasteiger partial charge in [-0.05, 0) is 50.6 Å². The Morgan fingerprint density at radius 3 is 2.43 bits per heavy atom. The van der Waals surface area contributed by atoms with Gasteiger partial charge in [0.15, 0.2) is 5.13 Å². The predicted molar refractivity (Wildman–Crippen MR) is 143 cm³/mol. The summed E-state index contributed by atoms with van der Waals surface area (Å²) < 4.78 is 14.3. The number of carbonyl (C=O) groups is 2.